The first-order valence-electron chi connectivity index (χ1n) is 7.32. The highest BCUT2D eigenvalue weighted by Gasteiger charge is 2.15. The molecule has 1 saturated heterocycles. The number of nitrogens with two attached hydrogens (primary N) is 1. The van der Waals surface area contributed by atoms with Gasteiger partial charge in [0.1, 0.15) is 0 Å². The summed E-state index contributed by atoms with van der Waals surface area (Å²) >= 11 is 0. The van der Waals surface area contributed by atoms with E-state index in [0.717, 1.165) is 19.5 Å². The molecule has 0 saturated carbocycles. The zero-order valence-corrected chi connectivity index (χ0v) is 12.7. The van der Waals surface area contributed by atoms with Crippen molar-refractivity contribution in [2.75, 3.05) is 29.5 Å². The number of aromatic nitrogens is 2. The summed E-state index contributed by atoms with van der Waals surface area (Å²) in [4.78, 5) is 8.65. The molecule has 5 N–H and O–H groups in total. The van der Waals surface area contributed by atoms with Gasteiger partial charge in [-0.2, -0.15) is 4.98 Å². The molecule has 1 aliphatic rings. The Morgan fingerprint density at radius 1 is 1.45 bits per heavy atom. The molecule has 0 amide bonds. The zero-order valence-electron chi connectivity index (χ0n) is 12.7. The van der Waals surface area contributed by atoms with E-state index >= 15 is 0 Å². The van der Waals surface area contributed by atoms with Crippen molar-refractivity contribution < 1.29 is 0 Å². The van der Waals surface area contributed by atoms with Crippen LogP contribution in [0.3, 0.4) is 0 Å². The fourth-order valence-corrected chi connectivity index (χ4v) is 2.30. The van der Waals surface area contributed by atoms with Gasteiger partial charge in [-0.25, -0.2) is 4.98 Å². The van der Waals surface area contributed by atoms with Crippen LogP contribution in [0.25, 0.3) is 0 Å². The van der Waals surface area contributed by atoms with Crippen LogP contribution >= 0.6 is 0 Å². The van der Waals surface area contributed by atoms with Crippen molar-refractivity contribution in [3.05, 3.63) is 6.20 Å². The van der Waals surface area contributed by atoms with Crippen molar-refractivity contribution in [1.29, 1.82) is 0 Å². The van der Waals surface area contributed by atoms with Crippen LogP contribution in [0, 0.1) is 0 Å². The van der Waals surface area contributed by atoms with Crippen molar-refractivity contribution in [2.24, 2.45) is 0 Å². The average Bonchev–Trinajstić information content (AvgIpc) is 2.84. The summed E-state index contributed by atoms with van der Waals surface area (Å²) in [5.74, 6) is 1.32. The molecule has 20 heavy (non-hydrogen) atoms. The van der Waals surface area contributed by atoms with Gasteiger partial charge >= 0.3 is 0 Å². The molecule has 2 rings (SSSR count). The Kier molecular flexibility index (Phi) is 4.65. The van der Waals surface area contributed by atoms with Crippen molar-refractivity contribution in [1.82, 2.24) is 15.3 Å². The van der Waals surface area contributed by atoms with E-state index in [9.17, 15) is 0 Å². The lowest BCUT2D eigenvalue weighted by molar-refractivity contribution is 0.574. The number of nitrogens with one attached hydrogen (secondary N) is 3. The van der Waals surface area contributed by atoms with Gasteiger partial charge in [-0.3, -0.25) is 0 Å². The monoisotopic (exact) mass is 278 g/mol. The molecule has 6 nitrogen and oxygen atoms in total. The highest BCUT2D eigenvalue weighted by molar-refractivity contribution is 5.61. The molecule has 1 fully saturated rings. The van der Waals surface area contributed by atoms with Crippen molar-refractivity contribution in [3.8, 4) is 0 Å². The summed E-state index contributed by atoms with van der Waals surface area (Å²) in [7, 11) is 0. The molecule has 1 aromatic heterocycles. The van der Waals surface area contributed by atoms with E-state index in [1.807, 2.05) is 0 Å². The van der Waals surface area contributed by atoms with Crippen molar-refractivity contribution >= 4 is 17.5 Å². The molecule has 0 aliphatic carbocycles. The van der Waals surface area contributed by atoms with Gasteiger partial charge in [0.2, 0.25) is 5.95 Å². The van der Waals surface area contributed by atoms with Gasteiger partial charge in [-0.15, -0.1) is 0 Å². The number of nitrogen functional groups attached to an aromatic ring is 1. The maximum Gasteiger partial charge on any atom is 0.225 e. The van der Waals surface area contributed by atoms with Crippen LogP contribution in [0.1, 0.15) is 40.0 Å². The van der Waals surface area contributed by atoms with Gasteiger partial charge in [0.15, 0.2) is 5.82 Å². The van der Waals surface area contributed by atoms with Crippen LogP contribution in [0.4, 0.5) is 17.5 Å². The van der Waals surface area contributed by atoms with E-state index in [1.165, 1.54) is 12.8 Å². The van der Waals surface area contributed by atoms with E-state index in [0.29, 0.717) is 23.5 Å². The minimum absolute atomic E-state index is 0.0683. The molecule has 6 heteroatoms. The molecule has 0 radical (unpaired) electrons. The van der Waals surface area contributed by atoms with Crippen molar-refractivity contribution in [2.45, 2.75) is 51.6 Å². The summed E-state index contributed by atoms with van der Waals surface area (Å²) in [5.41, 5.74) is 6.44. The van der Waals surface area contributed by atoms with E-state index in [2.05, 4.69) is 46.7 Å². The first-order chi connectivity index (χ1) is 9.44. The van der Waals surface area contributed by atoms with Gasteiger partial charge in [0.05, 0.1) is 11.9 Å². The highest BCUT2D eigenvalue weighted by atomic mass is 15.2. The predicted octanol–water partition coefficient (Wildman–Crippen LogP) is 1.82. The van der Waals surface area contributed by atoms with Crippen LogP contribution in [0.15, 0.2) is 6.20 Å². The topological polar surface area (TPSA) is 87.9 Å². The van der Waals surface area contributed by atoms with Gasteiger partial charge in [-0.1, -0.05) is 0 Å². The molecule has 112 valence electrons. The molecule has 1 aromatic rings. The first kappa shape index (κ1) is 14.8. The minimum Gasteiger partial charge on any atom is -0.394 e. The fraction of sp³-hybridized carbons (Fsp3) is 0.714. The molecule has 1 unspecified atom stereocenters. The summed E-state index contributed by atoms with van der Waals surface area (Å²) in [6, 6.07) is 0.623. The Labute approximate surface area is 121 Å². The Morgan fingerprint density at radius 2 is 2.25 bits per heavy atom. The van der Waals surface area contributed by atoms with Crippen LogP contribution in [0.5, 0.6) is 0 Å². The third kappa shape index (κ3) is 4.52. The Bertz CT molecular complexity index is 434. The molecule has 0 bridgehead atoms. The molecule has 0 spiro atoms. The maximum absolute atomic E-state index is 5.92. The van der Waals surface area contributed by atoms with Crippen LogP contribution in [-0.2, 0) is 0 Å². The van der Waals surface area contributed by atoms with Gasteiger partial charge in [0.25, 0.3) is 0 Å². The third-order valence-electron chi connectivity index (χ3n) is 3.25. The molecule has 1 atom stereocenters. The molecule has 2 heterocycles. The smallest absolute Gasteiger partial charge is 0.225 e. The number of rotatable bonds is 5. The van der Waals surface area contributed by atoms with E-state index in [1.54, 1.807) is 6.20 Å². The van der Waals surface area contributed by atoms with E-state index in [4.69, 9.17) is 5.73 Å². The van der Waals surface area contributed by atoms with Crippen LogP contribution in [0.2, 0.25) is 0 Å². The zero-order chi connectivity index (χ0) is 14.6. The Balaban J connectivity index is 1.90. The quantitative estimate of drug-likeness (QED) is 0.657. The number of nitrogens with zero attached hydrogens (tertiary/aromatic N) is 2. The minimum atomic E-state index is -0.0683. The standard InChI is InChI=1S/C14H26N6/c1-14(2,3)20-13-18-9-11(15)12(19-13)17-8-6-10-5-4-7-16-10/h9-10,16H,4-8,15H2,1-3H3,(H2,17,18,19,20). The molecule has 0 aromatic carbocycles. The summed E-state index contributed by atoms with van der Waals surface area (Å²) in [5, 5.41) is 10.0. The SMILES string of the molecule is CC(C)(C)Nc1ncc(N)c(NCCC2CCCN2)n1. The fourth-order valence-electron chi connectivity index (χ4n) is 2.30. The second kappa shape index (κ2) is 6.26. The predicted molar refractivity (Wildman–Crippen MR) is 84.0 cm³/mol. The lowest BCUT2D eigenvalue weighted by Crippen LogP contribution is -2.28. The summed E-state index contributed by atoms with van der Waals surface area (Å²) in [6.45, 7) is 8.23. The second-order valence-corrected chi connectivity index (χ2v) is 6.38. The summed E-state index contributed by atoms with van der Waals surface area (Å²) in [6.07, 6.45) is 5.28. The van der Waals surface area contributed by atoms with Crippen LogP contribution in [-0.4, -0.2) is 34.6 Å². The Hall–Kier alpha value is -1.56. The third-order valence-corrected chi connectivity index (χ3v) is 3.25. The van der Waals surface area contributed by atoms with E-state index < -0.39 is 0 Å². The lowest BCUT2D eigenvalue weighted by Gasteiger charge is -2.21. The average molecular weight is 278 g/mol. The molecular formula is C14H26N6. The van der Waals surface area contributed by atoms with Crippen molar-refractivity contribution in [3.63, 3.8) is 0 Å². The van der Waals surface area contributed by atoms with Gasteiger partial charge < -0.3 is 21.7 Å². The molecular weight excluding hydrogens is 252 g/mol. The number of hydrogen-bond acceptors (Lipinski definition) is 6. The molecule has 1 aliphatic heterocycles. The van der Waals surface area contributed by atoms with E-state index in [-0.39, 0.29) is 5.54 Å². The first-order valence-corrected chi connectivity index (χ1v) is 7.32. The second-order valence-electron chi connectivity index (χ2n) is 6.38. The normalized spacial score (nSPS) is 19.1. The van der Waals surface area contributed by atoms with Crippen LogP contribution < -0.4 is 21.7 Å². The highest BCUT2D eigenvalue weighted by Crippen LogP contribution is 2.18. The number of anilines is 3. The largest absolute Gasteiger partial charge is 0.394 e. The maximum atomic E-state index is 5.92. The van der Waals surface area contributed by atoms with Gasteiger partial charge in [-0.05, 0) is 46.6 Å². The summed E-state index contributed by atoms with van der Waals surface area (Å²) < 4.78 is 0. The Morgan fingerprint density at radius 3 is 2.90 bits per heavy atom. The lowest BCUT2D eigenvalue weighted by atomic mass is 10.1. The number of hydrogen-bond donors (Lipinski definition) is 4. The van der Waals surface area contributed by atoms with Gasteiger partial charge in [0, 0.05) is 18.1 Å².